The van der Waals surface area contributed by atoms with Crippen LogP contribution in [0.5, 0.6) is 0 Å². The van der Waals surface area contributed by atoms with E-state index in [4.69, 9.17) is 13.8 Å². The van der Waals surface area contributed by atoms with Crippen molar-refractivity contribution < 1.29 is 8.83 Å². The fraction of sp³-hybridized carbons (Fsp3) is 0. The van der Waals surface area contributed by atoms with E-state index in [1.54, 1.807) is 0 Å². The summed E-state index contributed by atoms with van der Waals surface area (Å²) in [4.78, 5) is 5.35. The molecule has 53 heavy (non-hydrogen) atoms. The molecule has 0 spiro atoms. The number of hydrogen-bond acceptors (Lipinski definition) is 3. The quantitative estimate of drug-likeness (QED) is 0.182. The average Bonchev–Trinajstić information content (AvgIpc) is 3.93. The Kier molecular flexibility index (Phi) is 6.52. The van der Waals surface area contributed by atoms with Gasteiger partial charge in [0.2, 0.25) is 5.89 Å². The van der Waals surface area contributed by atoms with E-state index < -0.39 is 0 Å². The number of nitrogens with zero attached hydrogens (tertiary/aromatic N) is 2. The van der Waals surface area contributed by atoms with Crippen molar-refractivity contribution in [2.45, 2.75) is 0 Å². The topological polar surface area (TPSA) is 44.1 Å². The molecule has 0 N–H and O–H groups in total. The Labute approximate surface area is 304 Å². The second-order valence-corrected chi connectivity index (χ2v) is 13.5. The van der Waals surface area contributed by atoms with Crippen LogP contribution < -0.4 is 0 Å². The smallest absolute Gasteiger partial charge is 0.229 e. The van der Waals surface area contributed by atoms with Crippen LogP contribution in [0.25, 0.3) is 105 Å². The van der Waals surface area contributed by atoms with Crippen LogP contribution in [-0.4, -0.2) is 9.55 Å². The van der Waals surface area contributed by atoms with Gasteiger partial charge in [0.15, 0.2) is 5.58 Å². The lowest BCUT2D eigenvalue weighted by Gasteiger charge is -2.14. The first-order chi connectivity index (χ1) is 26.3. The molecule has 8 aromatic carbocycles. The summed E-state index contributed by atoms with van der Waals surface area (Å²) in [5.41, 5.74) is 13.7. The largest absolute Gasteiger partial charge is 0.455 e. The second-order valence-electron chi connectivity index (χ2n) is 13.5. The summed E-state index contributed by atoms with van der Waals surface area (Å²) in [6.45, 7) is 0. The number of aromatic nitrogens is 2. The van der Waals surface area contributed by atoms with E-state index in [-0.39, 0.29) is 0 Å². The molecule has 0 aliphatic heterocycles. The van der Waals surface area contributed by atoms with Crippen LogP contribution >= 0.6 is 0 Å². The van der Waals surface area contributed by atoms with Crippen LogP contribution in [0.3, 0.4) is 0 Å². The predicted molar refractivity (Wildman–Crippen MR) is 217 cm³/mol. The number of hydrogen-bond donors (Lipinski definition) is 0. The van der Waals surface area contributed by atoms with Gasteiger partial charge in [0.05, 0.1) is 22.3 Å². The lowest BCUT2D eigenvalue weighted by molar-refractivity contribution is 0.619. The summed E-state index contributed by atoms with van der Waals surface area (Å²) in [7, 11) is 0. The van der Waals surface area contributed by atoms with Gasteiger partial charge in [-0.15, -0.1) is 0 Å². The van der Waals surface area contributed by atoms with Crippen molar-refractivity contribution in [3.05, 3.63) is 182 Å². The molecule has 248 valence electrons. The van der Waals surface area contributed by atoms with Crippen molar-refractivity contribution >= 4 is 54.8 Å². The third kappa shape index (κ3) is 4.66. The van der Waals surface area contributed by atoms with Crippen LogP contribution in [-0.2, 0) is 0 Å². The molecule has 0 bridgehead atoms. The molecule has 4 nitrogen and oxygen atoms in total. The van der Waals surface area contributed by atoms with Gasteiger partial charge in [0.1, 0.15) is 16.7 Å². The summed E-state index contributed by atoms with van der Waals surface area (Å²) in [5.74, 6) is 0.554. The Morgan fingerprint density at radius 1 is 0.377 bits per heavy atom. The second kappa shape index (κ2) is 11.7. The highest BCUT2D eigenvalue weighted by molar-refractivity contribution is 6.11. The molecular weight excluding hydrogens is 649 g/mol. The number of furan rings is 1. The van der Waals surface area contributed by atoms with E-state index in [1.807, 2.05) is 24.3 Å². The van der Waals surface area contributed by atoms with Crippen LogP contribution in [0.2, 0.25) is 0 Å². The number of rotatable bonds is 5. The van der Waals surface area contributed by atoms with Crippen molar-refractivity contribution in [2.24, 2.45) is 0 Å². The van der Waals surface area contributed by atoms with Crippen molar-refractivity contribution in [1.29, 1.82) is 0 Å². The number of benzene rings is 8. The van der Waals surface area contributed by atoms with E-state index in [0.717, 1.165) is 88.7 Å². The van der Waals surface area contributed by atoms with Gasteiger partial charge in [-0.25, -0.2) is 4.98 Å². The third-order valence-electron chi connectivity index (χ3n) is 10.5. The summed E-state index contributed by atoms with van der Waals surface area (Å²) in [6, 6.07) is 63.6. The van der Waals surface area contributed by atoms with E-state index >= 15 is 0 Å². The molecule has 0 aliphatic rings. The lowest BCUT2D eigenvalue weighted by Crippen LogP contribution is -1.98. The van der Waals surface area contributed by atoms with Crippen LogP contribution in [0, 0.1) is 0 Å². The number of para-hydroxylation sites is 4. The highest BCUT2D eigenvalue weighted by atomic mass is 16.3. The zero-order chi connectivity index (χ0) is 34.9. The van der Waals surface area contributed by atoms with Crippen molar-refractivity contribution in [2.75, 3.05) is 0 Å². The van der Waals surface area contributed by atoms with E-state index in [2.05, 4.69) is 162 Å². The van der Waals surface area contributed by atoms with Crippen LogP contribution in [0.15, 0.2) is 191 Å². The van der Waals surface area contributed by atoms with Gasteiger partial charge in [-0.3, -0.25) is 0 Å². The van der Waals surface area contributed by atoms with Crippen LogP contribution in [0.4, 0.5) is 0 Å². The van der Waals surface area contributed by atoms with Crippen molar-refractivity contribution in [3.8, 4) is 50.5 Å². The molecule has 4 heteroatoms. The van der Waals surface area contributed by atoms with Crippen LogP contribution in [0.1, 0.15) is 0 Å². The molecule has 0 radical (unpaired) electrons. The Morgan fingerprint density at radius 2 is 1.00 bits per heavy atom. The maximum Gasteiger partial charge on any atom is 0.229 e. The summed E-state index contributed by atoms with van der Waals surface area (Å²) in [5, 5.41) is 4.59. The van der Waals surface area contributed by atoms with Gasteiger partial charge in [-0.05, 0) is 64.7 Å². The van der Waals surface area contributed by atoms with Crippen molar-refractivity contribution in [3.63, 3.8) is 0 Å². The molecule has 0 atom stereocenters. The molecule has 0 unspecified atom stereocenters. The zero-order valence-corrected chi connectivity index (χ0v) is 28.5. The number of oxazole rings is 1. The number of fused-ring (bicyclic) bond motifs is 7. The molecule has 11 rings (SSSR count). The van der Waals surface area contributed by atoms with Gasteiger partial charge in [-0.1, -0.05) is 140 Å². The van der Waals surface area contributed by atoms with Gasteiger partial charge in [0, 0.05) is 32.7 Å². The molecule has 3 aromatic heterocycles. The molecule has 3 heterocycles. The molecule has 0 aliphatic carbocycles. The highest BCUT2D eigenvalue weighted by Crippen LogP contribution is 2.43. The van der Waals surface area contributed by atoms with Crippen molar-refractivity contribution in [1.82, 2.24) is 9.55 Å². The zero-order valence-electron chi connectivity index (χ0n) is 28.5. The monoisotopic (exact) mass is 678 g/mol. The Bertz CT molecular complexity index is 3110. The molecule has 0 amide bonds. The van der Waals surface area contributed by atoms with Gasteiger partial charge in [-0.2, -0.15) is 0 Å². The first-order valence-corrected chi connectivity index (χ1v) is 17.9. The fourth-order valence-electron chi connectivity index (χ4n) is 8.01. The van der Waals surface area contributed by atoms with E-state index in [9.17, 15) is 0 Å². The van der Waals surface area contributed by atoms with Gasteiger partial charge >= 0.3 is 0 Å². The summed E-state index contributed by atoms with van der Waals surface area (Å²) < 4.78 is 15.8. The molecule has 0 saturated heterocycles. The minimum absolute atomic E-state index is 0.554. The molecular formula is C49H30N2O2. The first kappa shape index (κ1) is 29.5. The average molecular weight is 679 g/mol. The van der Waals surface area contributed by atoms with E-state index in [0.29, 0.717) is 5.89 Å². The standard InChI is InChI=1S/C49H30N2O2/c1-3-14-31(15-4-1)34-29-40(32-16-5-2-6-17-32)47-46(30-34)53-49(50-47)41-28-33(35-21-13-22-39-38-20-9-12-25-45(38)52-48(35)39)26-27-44(41)51-42-23-10-7-18-36(42)37-19-8-11-24-43(37)51/h1-30H. The highest BCUT2D eigenvalue weighted by Gasteiger charge is 2.22. The Balaban J connectivity index is 1.21. The minimum Gasteiger partial charge on any atom is -0.455 e. The lowest BCUT2D eigenvalue weighted by atomic mass is 9.98. The maximum absolute atomic E-state index is 6.92. The summed E-state index contributed by atoms with van der Waals surface area (Å²) >= 11 is 0. The summed E-state index contributed by atoms with van der Waals surface area (Å²) in [6.07, 6.45) is 0. The molecule has 11 aromatic rings. The fourth-order valence-corrected chi connectivity index (χ4v) is 8.01. The first-order valence-electron chi connectivity index (χ1n) is 17.9. The maximum atomic E-state index is 6.92. The van der Waals surface area contributed by atoms with Gasteiger partial charge < -0.3 is 13.4 Å². The van der Waals surface area contributed by atoms with E-state index in [1.165, 1.54) is 10.8 Å². The van der Waals surface area contributed by atoms with Gasteiger partial charge in [0.25, 0.3) is 0 Å². The normalized spacial score (nSPS) is 11.8. The third-order valence-corrected chi connectivity index (χ3v) is 10.5. The molecule has 0 fully saturated rings. The Hall–Kier alpha value is -7.17. The SMILES string of the molecule is c1ccc(-c2cc(-c3ccccc3)c3nc(-c4cc(-c5cccc6c5oc5ccccc56)ccc4-n4c5ccccc5c5ccccc54)oc3c2)cc1. The Morgan fingerprint density at radius 3 is 1.75 bits per heavy atom. The minimum atomic E-state index is 0.554. The molecule has 0 saturated carbocycles. The predicted octanol–water partition coefficient (Wildman–Crippen LogP) is 13.5.